The fraction of sp³-hybridized carbons (Fsp3) is 0.409. The van der Waals surface area contributed by atoms with Gasteiger partial charge in [0.2, 0.25) is 10.0 Å². The van der Waals surface area contributed by atoms with Crippen molar-refractivity contribution in [2.45, 2.75) is 0 Å². The predicted octanol–water partition coefficient (Wildman–Crippen LogP) is 1.99. The Balaban J connectivity index is 1.46. The molecule has 2 N–H and O–H groups in total. The first-order chi connectivity index (χ1) is 15.8. The number of hydrogen-bond donors (Lipinski definition) is 2. The Labute approximate surface area is 194 Å². The second-order valence-electron chi connectivity index (χ2n) is 7.38. The molecule has 2 amide bonds. The second-order valence-corrected chi connectivity index (χ2v) is 9.47. The van der Waals surface area contributed by atoms with E-state index in [1.165, 1.54) is 18.5 Å². The quantitative estimate of drug-likeness (QED) is 0.567. The van der Waals surface area contributed by atoms with Gasteiger partial charge in [0, 0.05) is 62.3 Å². The van der Waals surface area contributed by atoms with Crippen LogP contribution >= 0.6 is 0 Å². The molecule has 0 atom stereocenters. The van der Waals surface area contributed by atoms with E-state index >= 15 is 0 Å². The Morgan fingerprint density at radius 2 is 1.45 bits per heavy atom. The highest BCUT2D eigenvalue weighted by molar-refractivity contribution is 7.89. The third-order valence-corrected chi connectivity index (χ3v) is 7.20. The number of urea groups is 1. The molecule has 1 saturated heterocycles. The van der Waals surface area contributed by atoms with Gasteiger partial charge < -0.3 is 29.7 Å². The van der Waals surface area contributed by atoms with Gasteiger partial charge >= 0.3 is 6.03 Å². The van der Waals surface area contributed by atoms with E-state index in [2.05, 4.69) is 15.5 Å². The summed E-state index contributed by atoms with van der Waals surface area (Å²) in [6, 6.07) is 12.2. The maximum atomic E-state index is 12.7. The number of amides is 2. The average Bonchev–Trinajstić information content (AvgIpc) is 2.83. The van der Waals surface area contributed by atoms with Gasteiger partial charge in [-0.15, -0.1) is 0 Å². The number of hydrogen-bond acceptors (Lipinski definition) is 7. The van der Waals surface area contributed by atoms with Gasteiger partial charge in [-0.2, -0.15) is 4.31 Å². The highest BCUT2D eigenvalue weighted by Gasteiger charge is 2.27. The molecule has 180 valence electrons. The van der Waals surface area contributed by atoms with Gasteiger partial charge in [-0.05, 0) is 24.3 Å². The summed E-state index contributed by atoms with van der Waals surface area (Å²) in [7, 11) is 1.16. The molecule has 10 nitrogen and oxygen atoms in total. The summed E-state index contributed by atoms with van der Waals surface area (Å²) in [5.74, 6) is 1.66. The van der Waals surface area contributed by atoms with Crippen molar-refractivity contribution in [3.63, 3.8) is 0 Å². The van der Waals surface area contributed by atoms with Crippen LogP contribution in [-0.2, 0) is 10.0 Å². The summed E-state index contributed by atoms with van der Waals surface area (Å²) in [5, 5.41) is 5.24. The average molecular weight is 479 g/mol. The summed E-state index contributed by atoms with van der Waals surface area (Å²) in [6.07, 6.45) is 0. The van der Waals surface area contributed by atoms with Crippen LogP contribution in [0.5, 0.6) is 17.2 Å². The SMILES string of the molecule is COc1ccc(N2CCN(S(=O)(=O)CCNC(=O)Nc3cc(OC)cc(OC)c3)CC2)cc1. The number of anilines is 2. The summed E-state index contributed by atoms with van der Waals surface area (Å²) in [6.45, 7) is 1.97. The molecule has 0 saturated carbocycles. The summed E-state index contributed by atoms with van der Waals surface area (Å²) < 4.78 is 42.4. The maximum absolute atomic E-state index is 12.7. The first-order valence-electron chi connectivity index (χ1n) is 10.5. The van der Waals surface area contributed by atoms with E-state index in [0.717, 1.165) is 11.4 Å². The second kappa shape index (κ2) is 11.1. The molecule has 0 spiro atoms. The van der Waals surface area contributed by atoms with Crippen LogP contribution in [0.3, 0.4) is 0 Å². The molecule has 1 aliphatic heterocycles. The number of piperazine rings is 1. The minimum atomic E-state index is -3.49. The maximum Gasteiger partial charge on any atom is 0.319 e. The molecule has 0 aliphatic carbocycles. The van der Waals surface area contributed by atoms with Gasteiger partial charge in [0.25, 0.3) is 0 Å². The van der Waals surface area contributed by atoms with Crippen molar-refractivity contribution < 1.29 is 27.4 Å². The Morgan fingerprint density at radius 1 is 0.879 bits per heavy atom. The Morgan fingerprint density at radius 3 is 2.00 bits per heavy atom. The fourth-order valence-corrected chi connectivity index (χ4v) is 4.83. The Hall–Kier alpha value is -3.18. The highest BCUT2D eigenvalue weighted by Crippen LogP contribution is 2.25. The summed E-state index contributed by atoms with van der Waals surface area (Å²) >= 11 is 0. The third-order valence-electron chi connectivity index (χ3n) is 5.32. The lowest BCUT2D eigenvalue weighted by atomic mass is 10.2. The molecule has 0 aromatic heterocycles. The minimum absolute atomic E-state index is 0.00599. The molecule has 0 radical (unpaired) electrons. The van der Waals surface area contributed by atoms with E-state index in [9.17, 15) is 13.2 Å². The van der Waals surface area contributed by atoms with Crippen molar-refractivity contribution in [3.8, 4) is 17.2 Å². The van der Waals surface area contributed by atoms with Crippen molar-refractivity contribution in [2.24, 2.45) is 0 Å². The van der Waals surface area contributed by atoms with Crippen LogP contribution in [0.1, 0.15) is 0 Å². The number of nitrogens with one attached hydrogen (secondary N) is 2. The molecular formula is C22H30N4O6S. The van der Waals surface area contributed by atoms with E-state index in [-0.39, 0.29) is 12.3 Å². The lowest BCUT2D eigenvalue weighted by Crippen LogP contribution is -2.50. The highest BCUT2D eigenvalue weighted by atomic mass is 32.2. The monoisotopic (exact) mass is 478 g/mol. The van der Waals surface area contributed by atoms with Gasteiger partial charge in [0.1, 0.15) is 17.2 Å². The Bertz CT molecular complexity index is 1020. The first kappa shape index (κ1) is 24.5. The normalized spacial score (nSPS) is 14.5. The van der Waals surface area contributed by atoms with E-state index in [0.29, 0.717) is 43.4 Å². The van der Waals surface area contributed by atoms with Gasteiger partial charge in [-0.1, -0.05) is 0 Å². The van der Waals surface area contributed by atoms with Crippen molar-refractivity contribution >= 4 is 27.4 Å². The molecule has 2 aromatic rings. The number of ether oxygens (including phenoxy) is 3. The zero-order chi connectivity index (χ0) is 23.8. The number of carbonyl (C=O) groups is 1. The molecular weight excluding hydrogens is 448 g/mol. The molecule has 33 heavy (non-hydrogen) atoms. The van der Waals surface area contributed by atoms with Crippen LogP contribution in [0, 0.1) is 0 Å². The van der Waals surface area contributed by atoms with Crippen LogP contribution < -0.4 is 29.7 Å². The largest absolute Gasteiger partial charge is 0.497 e. The van der Waals surface area contributed by atoms with Crippen LogP contribution in [-0.4, -0.2) is 78.6 Å². The van der Waals surface area contributed by atoms with Crippen molar-refractivity contribution in [2.75, 3.05) is 70.0 Å². The number of sulfonamides is 1. The van der Waals surface area contributed by atoms with Crippen LogP contribution in [0.2, 0.25) is 0 Å². The molecule has 11 heteroatoms. The fourth-order valence-electron chi connectivity index (χ4n) is 3.50. The lowest BCUT2D eigenvalue weighted by molar-refractivity contribution is 0.252. The number of benzene rings is 2. The minimum Gasteiger partial charge on any atom is -0.497 e. The standard InChI is InChI=1S/C22H30N4O6S/c1-30-19-6-4-18(5-7-19)25-9-11-26(12-10-25)33(28,29)13-8-23-22(27)24-17-14-20(31-2)16-21(15-17)32-3/h4-7,14-16H,8-13H2,1-3H3,(H2,23,24,27). The van der Waals surface area contributed by atoms with Gasteiger partial charge in [0.15, 0.2) is 0 Å². The zero-order valence-corrected chi connectivity index (χ0v) is 19.9. The molecule has 3 rings (SSSR count). The summed E-state index contributed by atoms with van der Waals surface area (Å²) in [5.41, 5.74) is 1.50. The molecule has 2 aromatic carbocycles. The third kappa shape index (κ3) is 6.65. The number of methoxy groups -OCH3 is 3. The zero-order valence-electron chi connectivity index (χ0n) is 19.0. The molecule has 1 aliphatic rings. The molecule has 0 bridgehead atoms. The molecule has 0 unspecified atom stereocenters. The lowest BCUT2D eigenvalue weighted by Gasteiger charge is -2.35. The van der Waals surface area contributed by atoms with Crippen molar-refractivity contribution in [1.82, 2.24) is 9.62 Å². The van der Waals surface area contributed by atoms with E-state index in [1.807, 2.05) is 24.3 Å². The van der Waals surface area contributed by atoms with E-state index in [4.69, 9.17) is 14.2 Å². The topological polar surface area (TPSA) is 109 Å². The van der Waals surface area contributed by atoms with Crippen molar-refractivity contribution in [1.29, 1.82) is 0 Å². The smallest absolute Gasteiger partial charge is 0.319 e. The Kier molecular flexibility index (Phi) is 8.23. The predicted molar refractivity (Wildman–Crippen MR) is 127 cm³/mol. The number of nitrogens with zero attached hydrogens (tertiary/aromatic N) is 2. The van der Waals surface area contributed by atoms with Crippen LogP contribution in [0.25, 0.3) is 0 Å². The number of rotatable bonds is 9. The summed E-state index contributed by atoms with van der Waals surface area (Å²) in [4.78, 5) is 14.3. The van der Waals surface area contributed by atoms with Crippen molar-refractivity contribution in [3.05, 3.63) is 42.5 Å². The van der Waals surface area contributed by atoms with Crippen LogP contribution in [0.15, 0.2) is 42.5 Å². The van der Waals surface area contributed by atoms with E-state index < -0.39 is 16.1 Å². The molecule has 1 heterocycles. The van der Waals surface area contributed by atoms with Crippen LogP contribution in [0.4, 0.5) is 16.2 Å². The first-order valence-corrected chi connectivity index (χ1v) is 12.1. The number of carbonyl (C=O) groups excluding carboxylic acids is 1. The van der Waals surface area contributed by atoms with Gasteiger partial charge in [-0.25, -0.2) is 13.2 Å². The van der Waals surface area contributed by atoms with Gasteiger partial charge in [0.05, 0.1) is 27.1 Å². The molecule has 1 fully saturated rings. The van der Waals surface area contributed by atoms with E-state index in [1.54, 1.807) is 25.3 Å². The van der Waals surface area contributed by atoms with Gasteiger partial charge in [-0.3, -0.25) is 0 Å².